The Balaban J connectivity index is 1.83. The molecule has 0 amide bonds. The summed E-state index contributed by atoms with van der Waals surface area (Å²) in [6.45, 7) is 2.11. The molecule has 1 saturated carbocycles. The zero-order chi connectivity index (χ0) is 25.7. The minimum absolute atomic E-state index is 0.00272. The number of nitrogens with zero attached hydrogens (tertiary/aromatic N) is 1. The van der Waals surface area contributed by atoms with Crippen molar-refractivity contribution in [3.63, 3.8) is 0 Å². The zero-order valence-electron chi connectivity index (χ0n) is 21.0. The summed E-state index contributed by atoms with van der Waals surface area (Å²) < 4.78 is 14.7. The lowest BCUT2D eigenvalue weighted by molar-refractivity contribution is -0.120. The number of halogens is 1. The highest BCUT2D eigenvalue weighted by Crippen LogP contribution is 2.43. The third kappa shape index (κ3) is 5.83. The Bertz CT molecular complexity index is 1210. The standard InChI is InChI=1S/C31H35FN2O2/c1-20-7-9-21(10-8-20)27-16-23(5-3-15-35)29(31(36)22-4-2-6-26(34)14-13-22)18-28(27)24-11-12-25(19-33)30(32)17-24/h7-12,17-18,22-23,26,35H,2-6,13-16,34H2,1H3. The zero-order valence-corrected chi connectivity index (χ0v) is 21.0. The van der Waals surface area contributed by atoms with Gasteiger partial charge in [0.05, 0.1) is 5.56 Å². The molecule has 0 radical (unpaired) electrons. The number of rotatable bonds is 7. The number of benzene rings is 2. The minimum Gasteiger partial charge on any atom is -0.396 e. The second-order valence-electron chi connectivity index (χ2n) is 10.3. The van der Waals surface area contributed by atoms with Crippen LogP contribution in [0.1, 0.15) is 73.6 Å². The van der Waals surface area contributed by atoms with Crippen LogP contribution >= 0.6 is 0 Å². The maximum absolute atomic E-state index is 14.7. The fourth-order valence-corrected chi connectivity index (χ4v) is 5.58. The van der Waals surface area contributed by atoms with Crippen LogP contribution in [0, 0.1) is 35.9 Å². The van der Waals surface area contributed by atoms with Crippen molar-refractivity contribution in [1.82, 2.24) is 0 Å². The molecule has 36 heavy (non-hydrogen) atoms. The molecule has 4 rings (SSSR count). The fraction of sp³-hybridized carbons (Fsp3) is 0.419. The Hall–Kier alpha value is -3.07. The molecule has 2 aliphatic rings. The summed E-state index contributed by atoms with van der Waals surface area (Å²) in [6.07, 6.45) is 8.32. The van der Waals surface area contributed by atoms with Gasteiger partial charge in [-0.3, -0.25) is 4.79 Å². The van der Waals surface area contributed by atoms with Crippen LogP contribution < -0.4 is 5.73 Å². The molecule has 0 bridgehead atoms. The van der Waals surface area contributed by atoms with Crippen LogP contribution in [0.25, 0.3) is 11.1 Å². The van der Waals surface area contributed by atoms with Crippen LogP contribution in [0.4, 0.5) is 4.39 Å². The van der Waals surface area contributed by atoms with Gasteiger partial charge >= 0.3 is 0 Å². The van der Waals surface area contributed by atoms with Crippen molar-refractivity contribution in [1.29, 1.82) is 5.26 Å². The van der Waals surface area contributed by atoms with Crippen LogP contribution in [0.3, 0.4) is 0 Å². The number of allylic oxidation sites excluding steroid dienone is 4. The minimum atomic E-state index is -0.563. The molecule has 0 aliphatic heterocycles. The summed E-state index contributed by atoms with van der Waals surface area (Å²) in [6, 6.07) is 15.0. The number of aliphatic hydroxyl groups is 1. The van der Waals surface area contributed by atoms with E-state index in [0.717, 1.165) is 60.0 Å². The van der Waals surface area contributed by atoms with Gasteiger partial charge in [-0.15, -0.1) is 0 Å². The van der Waals surface area contributed by atoms with Crippen molar-refractivity contribution in [2.45, 2.75) is 64.3 Å². The highest BCUT2D eigenvalue weighted by atomic mass is 19.1. The van der Waals surface area contributed by atoms with Gasteiger partial charge in [-0.2, -0.15) is 5.26 Å². The molecule has 1 fully saturated rings. The number of carbonyl (C=O) groups is 1. The van der Waals surface area contributed by atoms with Gasteiger partial charge in [0.25, 0.3) is 0 Å². The first-order valence-corrected chi connectivity index (χ1v) is 13.0. The van der Waals surface area contributed by atoms with Crippen molar-refractivity contribution >= 4 is 16.9 Å². The van der Waals surface area contributed by atoms with Crippen LogP contribution in [0.5, 0.6) is 0 Å². The van der Waals surface area contributed by atoms with Crippen molar-refractivity contribution in [3.05, 3.63) is 82.2 Å². The maximum Gasteiger partial charge on any atom is 0.162 e. The van der Waals surface area contributed by atoms with Gasteiger partial charge in [-0.1, -0.05) is 42.3 Å². The van der Waals surface area contributed by atoms with Gasteiger partial charge in [0, 0.05) is 18.6 Å². The number of aryl methyl sites for hydroxylation is 1. The number of hydrogen-bond donors (Lipinski definition) is 2. The van der Waals surface area contributed by atoms with Crippen molar-refractivity contribution in [3.8, 4) is 6.07 Å². The highest BCUT2D eigenvalue weighted by Gasteiger charge is 2.33. The van der Waals surface area contributed by atoms with Crippen molar-refractivity contribution in [2.75, 3.05) is 6.61 Å². The second-order valence-corrected chi connectivity index (χ2v) is 10.3. The van der Waals surface area contributed by atoms with Crippen molar-refractivity contribution in [2.24, 2.45) is 17.6 Å². The van der Waals surface area contributed by atoms with Crippen molar-refractivity contribution < 1.29 is 14.3 Å². The third-order valence-electron chi connectivity index (χ3n) is 7.70. The van der Waals surface area contributed by atoms with E-state index in [1.54, 1.807) is 6.07 Å². The number of hydrogen-bond acceptors (Lipinski definition) is 4. The molecule has 188 valence electrons. The van der Waals surface area contributed by atoms with E-state index in [2.05, 4.69) is 24.3 Å². The molecular weight excluding hydrogens is 451 g/mol. The van der Waals surface area contributed by atoms with E-state index in [0.29, 0.717) is 24.8 Å². The predicted molar refractivity (Wildman–Crippen MR) is 141 cm³/mol. The van der Waals surface area contributed by atoms with Gasteiger partial charge in [0.1, 0.15) is 11.9 Å². The molecule has 4 nitrogen and oxygen atoms in total. The van der Waals surface area contributed by atoms with E-state index in [1.165, 1.54) is 12.1 Å². The molecular formula is C31H35FN2O2. The number of nitriles is 1. The summed E-state index contributed by atoms with van der Waals surface area (Å²) in [4.78, 5) is 13.9. The third-order valence-corrected chi connectivity index (χ3v) is 7.70. The largest absolute Gasteiger partial charge is 0.396 e. The predicted octanol–water partition coefficient (Wildman–Crippen LogP) is 6.11. The molecule has 2 aromatic carbocycles. The Labute approximate surface area is 213 Å². The molecule has 5 heteroatoms. The second kappa shape index (κ2) is 11.8. The Morgan fingerprint density at radius 1 is 1.11 bits per heavy atom. The molecule has 3 atom stereocenters. The maximum atomic E-state index is 14.7. The summed E-state index contributed by atoms with van der Waals surface area (Å²) in [5, 5.41) is 18.8. The van der Waals surface area contributed by atoms with Crippen LogP contribution in [0.2, 0.25) is 0 Å². The molecule has 2 aromatic rings. The normalized spacial score (nSPS) is 22.5. The summed E-state index contributed by atoms with van der Waals surface area (Å²) in [5.74, 6) is -0.458. The lowest BCUT2D eigenvalue weighted by Crippen LogP contribution is -2.25. The topological polar surface area (TPSA) is 87.1 Å². The molecule has 0 heterocycles. The van der Waals surface area contributed by atoms with Gasteiger partial charge in [0.2, 0.25) is 0 Å². The van der Waals surface area contributed by atoms with E-state index in [4.69, 9.17) is 5.73 Å². The smallest absolute Gasteiger partial charge is 0.162 e. The Morgan fingerprint density at radius 3 is 2.56 bits per heavy atom. The van der Waals surface area contributed by atoms with Gasteiger partial charge < -0.3 is 10.8 Å². The van der Waals surface area contributed by atoms with E-state index < -0.39 is 5.82 Å². The summed E-state index contributed by atoms with van der Waals surface area (Å²) in [7, 11) is 0. The molecule has 3 unspecified atom stereocenters. The molecule has 0 saturated heterocycles. The molecule has 2 aliphatic carbocycles. The van der Waals surface area contributed by atoms with Crippen LogP contribution in [-0.4, -0.2) is 23.5 Å². The number of Topliss-reactive ketones (excluding diaryl/α,β-unsaturated/α-hetero) is 1. The lowest BCUT2D eigenvalue weighted by atomic mass is 9.73. The SMILES string of the molecule is Cc1ccc(C2=C(c3ccc(C#N)c(F)c3)C=C(C(=O)C3CCCC(N)CC3)C(CCCO)C2)cc1. The first-order valence-electron chi connectivity index (χ1n) is 13.0. The highest BCUT2D eigenvalue weighted by molar-refractivity contribution is 6.06. The summed E-state index contributed by atoms with van der Waals surface area (Å²) in [5.41, 5.74) is 11.7. The van der Waals surface area contributed by atoms with Gasteiger partial charge in [-0.05, 0) is 104 Å². The first-order chi connectivity index (χ1) is 17.4. The quantitative estimate of drug-likeness (QED) is 0.462. The van der Waals surface area contributed by atoms with E-state index in [1.807, 2.05) is 19.1 Å². The monoisotopic (exact) mass is 486 g/mol. The number of nitrogens with two attached hydrogens (primary N) is 1. The van der Waals surface area contributed by atoms with Crippen LogP contribution in [-0.2, 0) is 4.79 Å². The first kappa shape index (κ1) is 26.0. The number of ketones is 1. The number of aliphatic hydroxyl groups excluding tert-OH is 1. The Kier molecular flexibility index (Phi) is 8.51. The molecule has 0 spiro atoms. The lowest BCUT2D eigenvalue weighted by Gasteiger charge is -2.30. The van der Waals surface area contributed by atoms with Gasteiger partial charge in [-0.25, -0.2) is 4.39 Å². The van der Waals surface area contributed by atoms with E-state index in [-0.39, 0.29) is 35.8 Å². The fourth-order valence-electron chi connectivity index (χ4n) is 5.58. The summed E-state index contributed by atoms with van der Waals surface area (Å²) >= 11 is 0. The average molecular weight is 487 g/mol. The number of carbonyl (C=O) groups excluding carboxylic acids is 1. The molecule has 3 N–H and O–H groups in total. The van der Waals surface area contributed by atoms with Gasteiger partial charge in [0.15, 0.2) is 5.78 Å². The van der Waals surface area contributed by atoms with E-state index >= 15 is 0 Å². The average Bonchev–Trinajstić information content (AvgIpc) is 3.11. The van der Waals surface area contributed by atoms with Crippen LogP contribution in [0.15, 0.2) is 54.1 Å². The Morgan fingerprint density at radius 2 is 1.86 bits per heavy atom. The van der Waals surface area contributed by atoms with E-state index in [9.17, 15) is 19.6 Å². The molecule has 0 aromatic heterocycles.